The van der Waals surface area contributed by atoms with Gasteiger partial charge in [0.2, 0.25) is 0 Å². The molecule has 0 spiro atoms. The number of para-hydroxylation sites is 1. The van der Waals surface area contributed by atoms with E-state index in [-0.39, 0.29) is 0 Å². The zero-order valence-corrected chi connectivity index (χ0v) is 10.7. The van der Waals surface area contributed by atoms with Gasteiger partial charge in [0.1, 0.15) is 0 Å². The van der Waals surface area contributed by atoms with Crippen molar-refractivity contribution in [1.82, 2.24) is 4.90 Å². The molecular formula is C14H24N2. The largest absolute Gasteiger partial charge is 0.398 e. The Hall–Kier alpha value is -1.02. The summed E-state index contributed by atoms with van der Waals surface area (Å²) in [5.74, 6) is 0. The molecular weight excluding hydrogens is 196 g/mol. The van der Waals surface area contributed by atoms with Gasteiger partial charge in [-0.05, 0) is 37.9 Å². The van der Waals surface area contributed by atoms with Crippen LogP contribution in [-0.4, -0.2) is 17.5 Å². The van der Waals surface area contributed by atoms with Crippen LogP contribution in [0.5, 0.6) is 0 Å². The normalized spacial score (nSPS) is 13.0. The molecule has 90 valence electrons. The molecule has 0 saturated carbocycles. The molecule has 0 aliphatic rings. The molecule has 0 heterocycles. The van der Waals surface area contributed by atoms with E-state index in [9.17, 15) is 0 Å². The third-order valence-corrected chi connectivity index (χ3v) is 3.15. The van der Waals surface area contributed by atoms with E-state index in [1.54, 1.807) is 0 Å². The standard InChI is InChI=1S/C14H24N2/c1-4-10-16(12(3)5-2)11-13-8-6-7-9-14(13)15/h6-9,12H,4-5,10-11,15H2,1-3H3. The molecule has 0 saturated heterocycles. The number of anilines is 1. The van der Waals surface area contributed by atoms with Gasteiger partial charge >= 0.3 is 0 Å². The molecule has 1 rings (SSSR count). The highest BCUT2D eigenvalue weighted by Gasteiger charge is 2.12. The summed E-state index contributed by atoms with van der Waals surface area (Å²) in [6.45, 7) is 8.86. The number of hydrogen-bond donors (Lipinski definition) is 1. The lowest BCUT2D eigenvalue weighted by molar-refractivity contribution is 0.196. The summed E-state index contributed by atoms with van der Waals surface area (Å²) in [5.41, 5.74) is 8.14. The van der Waals surface area contributed by atoms with Crippen LogP contribution in [0.15, 0.2) is 24.3 Å². The molecule has 0 bridgehead atoms. The van der Waals surface area contributed by atoms with E-state index in [0.717, 1.165) is 18.8 Å². The summed E-state index contributed by atoms with van der Waals surface area (Å²) < 4.78 is 0. The SMILES string of the molecule is CCCN(Cc1ccccc1N)C(C)CC. The van der Waals surface area contributed by atoms with E-state index in [4.69, 9.17) is 5.73 Å². The van der Waals surface area contributed by atoms with Crippen molar-refractivity contribution in [3.8, 4) is 0 Å². The van der Waals surface area contributed by atoms with E-state index in [1.165, 1.54) is 18.4 Å². The predicted molar refractivity (Wildman–Crippen MR) is 71.3 cm³/mol. The third-order valence-electron chi connectivity index (χ3n) is 3.15. The van der Waals surface area contributed by atoms with Crippen LogP contribution in [0.1, 0.15) is 39.2 Å². The second kappa shape index (κ2) is 6.54. The van der Waals surface area contributed by atoms with Gasteiger partial charge in [-0.3, -0.25) is 4.90 Å². The van der Waals surface area contributed by atoms with E-state index >= 15 is 0 Å². The number of nitrogen functional groups attached to an aromatic ring is 1. The Morgan fingerprint density at radius 2 is 1.94 bits per heavy atom. The van der Waals surface area contributed by atoms with Crippen molar-refractivity contribution in [2.75, 3.05) is 12.3 Å². The van der Waals surface area contributed by atoms with Crippen LogP contribution in [0.2, 0.25) is 0 Å². The quantitative estimate of drug-likeness (QED) is 0.745. The molecule has 1 aromatic carbocycles. The molecule has 0 aromatic heterocycles. The number of nitrogens with two attached hydrogens (primary N) is 1. The van der Waals surface area contributed by atoms with Gasteiger partial charge in [-0.25, -0.2) is 0 Å². The van der Waals surface area contributed by atoms with Crippen LogP contribution >= 0.6 is 0 Å². The molecule has 2 nitrogen and oxygen atoms in total. The third kappa shape index (κ3) is 3.53. The molecule has 0 aliphatic carbocycles. The van der Waals surface area contributed by atoms with E-state index < -0.39 is 0 Å². The van der Waals surface area contributed by atoms with Gasteiger partial charge in [0.15, 0.2) is 0 Å². The summed E-state index contributed by atoms with van der Waals surface area (Å²) in [4.78, 5) is 2.51. The van der Waals surface area contributed by atoms with Crippen LogP contribution in [0, 0.1) is 0 Å². The fourth-order valence-corrected chi connectivity index (χ4v) is 1.90. The Morgan fingerprint density at radius 1 is 1.25 bits per heavy atom. The van der Waals surface area contributed by atoms with Crippen molar-refractivity contribution in [2.45, 2.75) is 46.2 Å². The minimum Gasteiger partial charge on any atom is -0.398 e. The summed E-state index contributed by atoms with van der Waals surface area (Å²) in [5, 5.41) is 0. The average Bonchev–Trinajstić information content (AvgIpc) is 2.30. The minimum absolute atomic E-state index is 0.625. The lowest BCUT2D eigenvalue weighted by Crippen LogP contribution is -2.33. The van der Waals surface area contributed by atoms with Gasteiger partial charge in [-0.1, -0.05) is 32.0 Å². The lowest BCUT2D eigenvalue weighted by Gasteiger charge is -2.28. The number of hydrogen-bond acceptors (Lipinski definition) is 2. The smallest absolute Gasteiger partial charge is 0.0359 e. The second-order valence-electron chi connectivity index (χ2n) is 4.43. The number of nitrogens with zero attached hydrogens (tertiary/aromatic N) is 1. The van der Waals surface area contributed by atoms with E-state index in [2.05, 4.69) is 37.8 Å². The fraction of sp³-hybridized carbons (Fsp3) is 0.571. The van der Waals surface area contributed by atoms with E-state index in [0.29, 0.717) is 6.04 Å². The molecule has 1 atom stereocenters. The van der Waals surface area contributed by atoms with Crippen LogP contribution in [-0.2, 0) is 6.54 Å². The predicted octanol–water partition coefficient (Wildman–Crippen LogP) is 3.28. The Labute approximate surface area is 99.5 Å². The van der Waals surface area contributed by atoms with Crippen molar-refractivity contribution in [3.63, 3.8) is 0 Å². The molecule has 2 N–H and O–H groups in total. The molecule has 0 radical (unpaired) electrons. The van der Waals surface area contributed by atoms with Crippen molar-refractivity contribution in [1.29, 1.82) is 0 Å². The molecule has 16 heavy (non-hydrogen) atoms. The number of rotatable bonds is 6. The zero-order valence-electron chi connectivity index (χ0n) is 10.7. The van der Waals surface area contributed by atoms with Gasteiger partial charge in [-0.15, -0.1) is 0 Å². The highest BCUT2D eigenvalue weighted by atomic mass is 15.1. The summed E-state index contributed by atoms with van der Waals surface area (Å²) in [6, 6.07) is 8.79. The zero-order chi connectivity index (χ0) is 12.0. The Bertz CT molecular complexity index is 309. The van der Waals surface area contributed by atoms with Crippen LogP contribution in [0.4, 0.5) is 5.69 Å². The summed E-state index contributed by atoms with van der Waals surface area (Å²) >= 11 is 0. The molecule has 0 amide bonds. The van der Waals surface area contributed by atoms with E-state index in [1.807, 2.05) is 12.1 Å². The van der Waals surface area contributed by atoms with Crippen LogP contribution in [0.3, 0.4) is 0 Å². The number of benzene rings is 1. The molecule has 0 aliphatic heterocycles. The highest BCUT2D eigenvalue weighted by molar-refractivity contribution is 5.46. The fourth-order valence-electron chi connectivity index (χ4n) is 1.90. The average molecular weight is 220 g/mol. The van der Waals surface area contributed by atoms with Crippen molar-refractivity contribution >= 4 is 5.69 Å². The molecule has 2 heteroatoms. The van der Waals surface area contributed by atoms with Gasteiger partial charge in [0.25, 0.3) is 0 Å². The lowest BCUT2D eigenvalue weighted by atomic mass is 10.1. The van der Waals surface area contributed by atoms with Gasteiger partial charge in [0.05, 0.1) is 0 Å². The molecule has 0 fully saturated rings. The molecule has 1 aromatic rings. The first-order chi connectivity index (χ1) is 7.69. The topological polar surface area (TPSA) is 29.3 Å². The molecule has 1 unspecified atom stereocenters. The Balaban J connectivity index is 2.71. The monoisotopic (exact) mass is 220 g/mol. The maximum absolute atomic E-state index is 5.98. The van der Waals surface area contributed by atoms with Crippen molar-refractivity contribution in [2.24, 2.45) is 0 Å². The van der Waals surface area contributed by atoms with Gasteiger partial charge < -0.3 is 5.73 Å². The summed E-state index contributed by atoms with van der Waals surface area (Å²) in [7, 11) is 0. The van der Waals surface area contributed by atoms with Crippen LogP contribution < -0.4 is 5.73 Å². The first-order valence-corrected chi connectivity index (χ1v) is 6.26. The summed E-state index contributed by atoms with van der Waals surface area (Å²) in [6.07, 6.45) is 2.38. The van der Waals surface area contributed by atoms with Gasteiger partial charge in [-0.2, -0.15) is 0 Å². The second-order valence-corrected chi connectivity index (χ2v) is 4.43. The minimum atomic E-state index is 0.625. The van der Waals surface area contributed by atoms with Crippen LogP contribution in [0.25, 0.3) is 0 Å². The maximum Gasteiger partial charge on any atom is 0.0359 e. The van der Waals surface area contributed by atoms with Crippen molar-refractivity contribution < 1.29 is 0 Å². The maximum atomic E-state index is 5.98. The first-order valence-electron chi connectivity index (χ1n) is 6.26. The Morgan fingerprint density at radius 3 is 2.50 bits per heavy atom. The first kappa shape index (κ1) is 13.0. The van der Waals surface area contributed by atoms with Crippen molar-refractivity contribution in [3.05, 3.63) is 29.8 Å². The van der Waals surface area contributed by atoms with Gasteiger partial charge in [0, 0.05) is 18.3 Å². The highest BCUT2D eigenvalue weighted by Crippen LogP contribution is 2.16. The Kier molecular flexibility index (Phi) is 5.33.